The largest absolute Gasteiger partial charge is 0.454 e. The van der Waals surface area contributed by atoms with Gasteiger partial charge in [0, 0.05) is 23.0 Å². The molecule has 4 heterocycles. The monoisotopic (exact) mass is 582 g/mol. The van der Waals surface area contributed by atoms with Crippen molar-refractivity contribution in [2.24, 2.45) is 5.92 Å². The molecule has 44 heavy (non-hydrogen) atoms. The number of ether oxygens (including phenoxy) is 2. The first-order chi connectivity index (χ1) is 21.5. The smallest absolute Gasteiger partial charge is 0.238 e. The third kappa shape index (κ3) is 3.65. The van der Waals surface area contributed by atoms with Crippen molar-refractivity contribution in [2.75, 3.05) is 12.1 Å². The van der Waals surface area contributed by atoms with Gasteiger partial charge in [-0.25, -0.2) is 0 Å². The van der Waals surface area contributed by atoms with E-state index < -0.39 is 23.4 Å². The number of nitrogens with zero attached hydrogens (tertiary/aromatic N) is 1. The Morgan fingerprint density at radius 2 is 1.64 bits per heavy atom. The van der Waals surface area contributed by atoms with E-state index in [0.29, 0.717) is 28.3 Å². The van der Waals surface area contributed by atoms with E-state index in [1.165, 1.54) is 0 Å². The van der Waals surface area contributed by atoms with Gasteiger partial charge in [0.25, 0.3) is 0 Å². The normalized spacial score (nSPS) is 23.7. The molecule has 8 rings (SSSR count). The Morgan fingerprint density at radius 3 is 2.48 bits per heavy atom. The molecule has 1 fully saturated rings. The summed E-state index contributed by atoms with van der Waals surface area (Å²) < 4.78 is 11.1. The summed E-state index contributed by atoms with van der Waals surface area (Å²) in [6.45, 7) is 2.20. The van der Waals surface area contributed by atoms with Gasteiger partial charge in [-0.1, -0.05) is 80.1 Å². The fourth-order valence-corrected chi connectivity index (χ4v) is 7.69. The highest BCUT2D eigenvalue weighted by molar-refractivity contribution is 6.16. The van der Waals surface area contributed by atoms with Crippen LogP contribution in [0.4, 0.5) is 5.69 Å². The van der Waals surface area contributed by atoms with E-state index in [0.717, 1.165) is 35.1 Å². The number of amides is 1. The molecule has 0 aromatic heterocycles. The summed E-state index contributed by atoms with van der Waals surface area (Å²) in [4.78, 5) is 46.3. The second kappa shape index (κ2) is 9.95. The Kier molecular flexibility index (Phi) is 5.98. The minimum Gasteiger partial charge on any atom is -0.454 e. The van der Waals surface area contributed by atoms with Crippen LogP contribution in [0.25, 0.3) is 6.08 Å². The fourth-order valence-electron chi connectivity index (χ4n) is 7.69. The molecule has 1 spiro atoms. The molecular formula is C37H30N2O5. The molecule has 4 aliphatic heterocycles. The SMILES string of the molecule is CCCc1ccc(C(=O)[C@H]2[C@@H](C(=O)c3ccc4c(c3)OCO4)N3C=Cc4ccccc4[C@@H]3[C@]23C(=O)Nc2ccccc23)cc1. The van der Waals surface area contributed by atoms with Crippen molar-refractivity contribution in [1.29, 1.82) is 0 Å². The van der Waals surface area contributed by atoms with E-state index in [9.17, 15) is 14.4 Å². The maximum atomic E-state index is 15.0. The number of para-hydroxylation sites is 1. The van der Waals surface area contributed by atoms with Crippen LogP contribution in [0.3, 0.4) is 0 Å². The predicted molar refractivity (Wildman–Crippen MR) is 166 cm³/mol. The van der Waals surface area contributed by atoms with Crippen molar-refractivity contribution in [3.63, 3.8) is 0 Å². The molecule has 1 amide bonds. The number of benzene rings is 4. The van der Waals surface area contributed by atoms with Crippen molar-refractivity contribution < 1.29 is 23.9 Å². The van der Waals surface area contributed by atoms with Crippen LogP contribution in [-0.4, -0.2) is 35.2 Å². The molecule has 7 heteroatoms. The zero-order valence-corrected chi connectivity index (χ0v) is 24.2. The van der Waals surface area contributed by atoms with Gasteiger partial charge in [0.05, 0.1) is 12.0 Å². The first-order valence-electron chi connectivity index (χ1n) is 15.0. The van der Waals surface area contributed by atoms with Crippen molar-refractivity contribution >= 4 is 29.2 Å². The van der Waals surface area contributed by atoms with Crippen LogP contribution in [0.2, 0.25) is 0 Å². The summed E-state index contributed by atoms with van der Waals surface area (Å²) in [6, 6.07) is 26.6. The first kappa shape index (κ1) is 26.5. The molecule has 7 nitrogen and oxygen atoms in total. The lowest BCUT2D eigenvalue weighted by atomic mass is 9.62. The molecule has 0 saturated carbocycles. The fraction of sp³-hybridized carbons (Fsp3) is 0.216. The highest BCUT2D eigenvalue weighted by Crippen LogP contribution is 2.62. The molecule has 1 saturated heterocycles. The van der Waals surface area contributed by atoms with E-state index in [4.69, 9.17) is 9.47 Å². The summed E-state index contributed by atoms with van der Waals surface area (Å²) in [5.41, 5.74) is 3.89. The predicted octanol–water partition coefficient (Wildman–Crippen LogP) is 6.35. The number of hydrogen-bond donors (Lipinski definition) is 1. The number of carbonyl (C=O) groups excluding carboxylic acids is 3. The Morgan fingerprint density at radius 1 is 0.886 bits per heavy atom. The molecule has 218 valence electrons. The van der Waals surface area contributed by atoms with Gasteiger partial charge in [0.15, 0.2) is 23.1 Å². The minimum absolute atomic E-state index is 0.0827. The quantitative estimate of drug-likeness (QED) is 0.267. The van der Waals surface area contributed by atoms with E-state index >= 15 is 0 Å². The lowest BCUT2D eigenvalue weighted by molar-refractivity contribution is -0.122. The van der Waals surface area contributed by atoms with Crippen molar-refractivity contribution in [3.8, 4) is 11.5 Å². The van der Waals surface area contributed by atoms with Crippen LogP contribution >= 0.6 is 0 Å². The zero-order chi connectivity index (χ0) is 30.0. The Hall–Kier alpha value is -5.17. The van der Waals surface area contributed by atoms with Crippen LogP contribution < -0.4 is 14.8 Å². The van der Waals surface area contributed by atoms with E-state index in [2.05, 4.69) is 12.2 Å². The molecule has 0 bridgehead atoms. The molecule has 0 radical (unpaired) electrons. The van der Waals surface area contributed by atoms with Gasteiger partial charge in [0.2, 0.25) is 12.7 Å². The maximum Gasteiger partial charge on any atom is 0.238 e. The number of hydrogen-bond acceptors (Lipinski definition) is 6. The van der Waals surface area contributed by atoms with Gasteiger partial charge in [-0.15, -0.1) is 0 Å². The summed E-state index contributed by atoms with van der Waals surface area (Å²) in [5, 5.41) is 3.10. The second-order valence-corrected chi connectivity index (χ2v) is 11.8. The van der Waals surface area contributed by atoms with Gasteiger partial charge in [-0.3, -0.25) is 14.4 Å². The number of rotatable bonds is 6. The van der Waals surface area contributed by atoms with Gasteiger partial charge in [-0.2, -0.15) is 0 Å². The van der Waals surface area contributed by atoms with Crippen LogP contribution in [-0.2, 0) is 16.6 Å². The summed E-state index contributed by atoms with van der Waals surface area (Å²) in [5.74, 6) is -0.745. The van der Waals surface area contributed by atoms with Crippen LogP contribution in [0.5, 0.6) is 11.5 Å². The number of carbonyl (C=O) groups is 3. The summed E-state index contributed by atoms with van der Waals surface area (Å²) in [7, 11) is 0. The Labute approximate surface area is 255 Å². The summed E-state index contributed by atoms with van der Waals surface area (Å²) >= 11 is 0. The second-order valence-electron chi connectivity index (χ2n) is 11.8. The maximum absolute atomic E-state index is 15.0. The van der Waals surface area contributed by atoms with Crippen LogP contribution in [0, 0.1) is 5.92 Å². The lowest BCUT2D eigenvalue weighted by Crippen LogP contribution is -2.49. The molecular weight excluding hydrogens is 552 g/mol. The standard InChI is InChI=1S/C37H30N2O5/c1-2-7-22-12-14-24(15-13-22)33(40)31-32(34(41)25-16-17-29-30(20-25)44-21-43-29)39-19-18-23-8-3-4-9-26(23)35(39)37(31)27-10-5-6-11-28(27)38-36(37)42/h3-6,8-20,31-32,35H,2,7,21H2,1H3,(H,38,42)/t31-,32+,35-,37-/m1/s1. The number of nitrogens with one attached hydrogen (secondary N) is 1. The minimum atomic E-state index is -1.37. The van der Waals surface area contributed by atoms with Gasteiger partial charge >= 0.3 is 0 Å². The number of fused-ring (bicyclic) bond motifs is 7. The van der Waals surface area contributed by atoms with Gasteiger partial charge < -0.3 is 19.7 Å². The lowest BCUT2D eigenvalue weighted by Gasteiger charge is -2.38. The van der Waals surface area contributed by atoms with Crippen LogP contribution in [0.1, 0.15) is 62.4 Å². The number of aryl methyl sites for hydroxylation is 1. The van der Waals surface area contributed by atoms with E-state index in [-0.39, 0.29) is 24.3 Å². The topological polar surface area (TPSA) is 84.9 Å². The van der Waals surface area contributed by atoms with Crippen molar-refractivity contribution in [3.05, 3.63) is 131 Å². The molecule has 4 aromatic carbocycles. The van der Waals surface area contributed by atoms with Crippen molar-refractivity contribution in [2.45, 2.75) is 37.3 Å². The molecule has 4 atom stereocenters. The number of ketones is 2. The molecule has 4 aromatic rings. The Balaban J connectivity index is 1.37. The summed E-state index contributed by atoms with van der Waals surface area (Å²) in [6.07, 6.45) is 5.74. The number of anilines is 1. The van der Waals surface area contributed by atoms with E-state index in [1.807, 2.05) is 90.0 Å². The Bertz CT molecular complexity index is 1880. The molecule has 4 aliphatic rings. The third-order valence-electron chi connectivity index (χ3n) is 9.56. The number of Topliss-reactive ketones (excluding diaryl/α,β-unsaturated/α-hetero) is 2. The molecule has 0 unspecified atom stereocenters. The average Bonchev–Trinajstić information content (AvgIpc) is 3.74. The van der Waals surface area contributed by atoms with E-state index in [1.54, 1.807) is 18.2 Å². The van der Waals surface area contributed by atoms with Crippen molar-refractivity contribution in [1.82, 2.24) is 4.90 Å². The van der Waals surface area contributed by atoms with Gasteiger partial charge in [0.1, 0.15) is 11.5 Å². The van der Waals surface area contributed by atoms with Crippen LogP contribution in [0.15, 0.2) is 97.2 Å². The first-order valence-corrected chi connectivity index (χ1v) is 15.0. The van der Waals surface area contributed by atoms with Gasteiger partial charge in [-0.05, 0) is 59.0 Å². The highest BCUT2D eigenvalue weighted by Gasteiger charge is 2.70. The highest BCUT2D eigenvalue weighted by atomic mass is 16.7. The third-order valence-corrected chi connectivity index (χ3v) is 9.56. The zero-order valence-electron chi connectivity index (χ0n) is 24.2. The average molecular weight is 583 g/mol. The molecule has 0 aliphatic carbocycles. The molecule has 1 N–H and O–H groups in total.